The first-order chi connectivity index (χ1) is 21.8. The minimum Gasteiger partial charge on any atom is -0.461 e. The number of carbonyl (C=O) groups excluding carboxylic acids is 2. The van der Waals surface area contributed by atoms with Gasteiger partial charge in [-0.3, -0.25) is 14.4 Å². The van der Waals surface area contributed by atoms with Crippen LogP contribution in [0.2, 0.25) is 0 Å². The quantitative estimate of drug-likeness (QED) is 0.306. The highest BCUT2D eigenvalue weighted by atomic mass is 16.5. The van der Waals surface area contributed by atoms with E-state index >= 15 is 0 Å². The molecule has 0 saturated carbocycles. The number of pyridine rings is 2. The predicted molar refractivity (Wildman–Crippen MR) is 173 cm³/mol. The van der Waals surface area contributed by atoms with Gasteiger partial charge in [-0.15, -0.1) is 0 Å². The fourth-order valence-corrected chi connectivity index (χ4v) is 7.01. The fraction of sp³-hybridized carbons (Fsp3) is 0.371. The van der Waals surface area contributed by atoms with Crippen LogP contribution < -0.4 is 15.8 Å². The van der Waals surface area contributed by atoms with Crippen LogP contribution in [0.25, 0.3) is 11.1 Å². The van der Waals surface area contributed by atoms with Gasteiger partial charge in [0.05, 0.1) is 5.69 Å². The lowest BCUT2D eigenvalue weighted by atomic mass is 9.93. The summed E-state index contributed by atoms with van der Waals surface area (Å²) in [4.78, 5) is 47.8. The van der Waals surface area contributed by atoms with Crippen LogP contribution in [0.15, 0.2) is 59.7 Å². The van der Waals surface area contributed by atoms with E-state index in [1.807, 2.05) is 30.5 Å². The van der Waals surface area contributed by atoms with Crippen molar-refractivity contribution in [2.45, 2.75) is 51.7 Å². The summed E-state index contributed by atoms with van der Waals surface area (Å²) in [5, 5.41) is 3.22. The van der Waals surface area contributed by atoms with Gasteiger partial charge in [-0.25, -0.2) is 4.98 Å². The zero-order chi connectivity index (χ0) is 31.2. The Bertz CT molecular complexity index is 1850. The molecule has 5 heterocycles. The Morgan fingerprint density at radius 3 is 2.62 bits per heavy atom. The number of hydrogen-bond donors (Lipinski definition) is 1. The number of amides is 1. The van der Waals surface area contributed by atoms with Gasteiger partial charge in [-0.05, 0) is 73.7 Å². The molecule has 0 spiro atoms. The number of esters is 1. The summed E-state index contributed by atoms with van der Waals surface area (Å²) in [6.45, 7) is 4.63. The fourth-order valence-electron chi connectivity index (χ4n) is 7.01. The van der Waals surface area contributed by atoms with Gasteiger partial charge in [-0.2, -0.15) is 0 Å². The van der Waals surface area contributed by atoms with Crippen molar-refractivity contribution in [2.24, 2.45) is 7.05 Å². The van der Waals surface area contributed by atoms with E-state index in [9.17, 15) is 14.4 Å². The van der Waals surface area contributed by atoms with E-state index in [1.54, 1.807) is 24.2 Å². The second kappa shape index (κ2) is 11.7. The van der Waals surface area contributed by atoms with Crippen LogP contribution in [0.4, 0.5) is 17.2 Å². The number of anilines is 3. The Hall–Kier alpha value is -4.70. The molecule has 45 heavy (non-hydrogen) atoms. The average molecular weight is 607 g/mol. The van der Waals surface area contributed by atoms with Crippen molar-refractivity contribution in [1.82, 2.24) is 19.0 Å². The maximum Gasteiger partial charge on any atom is 0.302 e. The van der Waals surface area contributed by atoms with Gasteiger partial charge >= 0.3 is 5.97 Å². The number of aromatic nitrogens is 3. The first-order valence-electron chi connectivity index (χ1n) is 15.7. The lowest BCUT2D eigenvalue weighted by Gasteiger charge is -2.36. The normalized spacial score (nSPS) is 16.6. The molecule has 0 atom stereocenters. The zero-order valence-electron chi connectivity index (χ0n) is 26.0. The molecule has 232 valence electrons. The Kier molecular flexibility index (Phi) is 7.53. The Balaban J connectivity index is 1.24. The number of carbonyl (C=O) groups is 2. The van der Waals surface area contributed by atoms with Gasteiger partial charge in [0.1, 0.15) is 23.8 Å². The van der Waals surface area contributed by atoms with Gasteiger partial charge in [0.25, 0.3) is 11.5 Å². The number of aryl methyl sites for hydroxylation is 2. The molecule has 1 aliphatic carbocycles. The van der Waals surface area contributed by atoms with E-state index in [1.165, 1.54) is 28.3 Å². The number of rotatable bonds is 7. The highest BCUT2D eigenvalue weighted by molar-refractivity contribution is 6.07. The van der Waals surface area contributed by atoms with Gasteiger partial charge < -0.3 is 29.0 Å². The molecule has 1 fully saturated rings. The summed E-state index contributed by atoms with van der Waals surface area (Å²) in [5.41, 5.74) is 7.60. The number of likely N-dealkylation sites (tertiary alicyclic amines) is 1. The van der Waals surface area contributed by atoms with Crippen molar-refractivity contribution >= 4 is 29.1 Å². The minimum atomic E-state index is -0.409. The lowest BCUT2D eigenvalue weighted by molar-refractivity contribution is -0.142. The molecule has 2 aliphatic heterocycles. The molecule has 1 amide bonds. The smallest absolute Gasteiger partial charge is 0.302 e. The van der Waals surface area contributed by atoms with E-state index in [0.717, 1.165) is 49.9 Å². The zero-order valence-corrected chi connectivity index (χ0v) is 26.0. The second-order valence-corrected chi connectivity index (χ2v) is 12.5. The van der Waals surface area contributed by atoms with Crippen LogP contribution in [0.5, 0.6) is 0 Å². The maximum absolute atomic E-state index is 14.0. The summed E-state index contributed by atoms with van der Waals surface area (Å²) in [6, 6.07) is 13.6. The van der Waals surface area contributed by atoms with Crippen LogP contribution >= 0.6 is 0 Å². The predicted octanol–water partition coefficient (Wildman–Crippen LogP) is 4.62. The van der Waals surface area contributed by atoms with E-state index in [2.05, 4.69) is 38.9 Å². The highest BCUT2D eigenvalue weighted by Gasteiger charge is 2.32. The SMILES string of the molecule is CC(=O)OCc1c(-c2cc(Nc3ccc(C4CN(C)C4)cn3)c(=O)n(C)c2)cccc1N1CCn2c(cc3c2CCCC3)C1=O. The van der Waals surface area contributed by atoms with Crippen molar-refractivity contribution in [2.75, 3.05) is 36.9 Å². The molecular formula is C35H38N6O4. The van der Waals surface area contributed by atoms with Crippen molar-refractivity contribution in [3.63, 3.8) is 0 Å². The monoisotopic (exact) mass is 606 g/mol. The summed E-state index contributed by atoms with van der Waals surface area (Å²) >= 11 is 0. The highest BCUT2D eigenvalue weighted by Crippen LogP contribution is 2.36. The van der Waals surface area contributed by atoms with E-state index in [0.29, 0.717) is 47.5 Å². The molecular weight excluding hydrogens is 568 g/mol. The van der Waals surface area contributed by atoms with Gasteiger partial charge in [0, 0.05) is 75.3 Å². The van der Waals surface area contributed by atoms with Crippen molar-refractivity contribution in [3.05, 3.63) is 93.3 Å². The molecule has 1 N–H and O–H groups in total. The number of hydrogen-bond acceptors (Lipinski definition) is 7. The standard InChI is InChI=1S/C35H38N6O4/c1-22(42)45-21-28-27(8-6-10-31(28)41-14-13-40-30-9-5-4-7-23(30)16-32(40)35(41)44)25-15-29(34(43)39(3)20-25)37-33-12-11-24(17-36-33)26-18-38(2)19-26/h6,8,10-12,15-17,20,26H,4-5,7,9,13-14,18-19,21H2,1-3H3,(H,36,37). The summed E-state index contributed by atoms with van der Waals surface area (Å²) in [6.07, 6.45) is 7.97. The van der Waals surface area contributed by atoms with Crippen LogP contribution in [0.3, 0.4) is 0 Å². The molecule has 3 aromatic heterocycles. The van der Waals surface area contributed by atoms with Gasteiger partial charge in [0.2, 0.25) is 0 Å². The first kappa shape index (κ1) is 29.0. The minimum absolute atomic E-state index is 0.00684. The molecule has 0 radical (unpaired) electrons. The number of benzene rings is 1. The summed E-state index contributed by atoms with van der Waals surface area (Å²) in [7, 11) is 3.81. The maximum atomic E-state index is 14.0. The third-order valence-electron chi connectivity index (χ3n) is 9.36. The van der Waals surface area contributed by atoms with Crippen LogP contribution in [-0.2, 0) is 42.6 Å². The van der Waals surface area contributed by atoms with Crippen molar-refractivity contribution in [3.8, 4) is 11.1 Å². The largest absolute Gasteiger partial charge is 0.461 e. The van der Waals surface area contributed by atoms with Gasteiger partial charge in [-0.1, -0.05) is 18.2 Å². The second-order valence-electron chi connectivity index (χ2n) is 12.5. The van der Waals surface area contributed by atoms with E-state index in [4.69, 9.17) is 4.74 Å². The third kappa shape index (κ3) is 5.44. The molecule has 3 aliphatic rings. The topological polar surface area (TPSA) is 102 Å². The Labute approximate surface area is 262 Å². The number of nitrogens with zero attached hydrogens (tertiary/aromatic N) is 5. The molecule has 1 saturated heterocycles. The Morgan fingerprint density at radius 1 is 1.04 bits per heavy atom. The summed E-state index contributed by atoms with van der Waals surface area (Å²) < 4.78 is 9.27. The molecule has 4 aromatic rings. The van der Waals surface area contributed by atoms with Crippen molar-refractivity contribution in [1.29, 1.82) is 0 Å². The molecule has 7 rings (SSSR count). The first-order valence-corrected chi connectivity index (χ1v) is 15.7. The molecule has 0 bridgehead atoms. The molecule has 10 nitrogen and oxygen atoms in total. The molecule has 1 aromatic carbocycles. The number of nitrogens with one attached hydrogen (secondary N) is 1. The van der Waals surface area contributed by atoms with Crippen molar-refractivity contribution < 1.29 is 14.3 Å². The van der Waals surface area contributed by atoms with E-state index < -0.39 is 5.97 Å². The van der Waals surface area contributed by atoms with E-state index in [-0.39, 0.29) is 18.1 Å². The Morgan fingerprint density at radius 2 is 1.87 bits per heavy atom. The summed E-state index contributed by atoms with van der Waals surface area (Å²) in [5.74, 6) is 0.604. The number of fused-ring (bicyclic) bond motifs is 3. The van der Waals surface area contributed by atoms with Crippen LogP contribution in [0.1, 0.15) is 58.6 Å². The molecule has 10 heteroatoms. The van der Waals surface area contributed by atoms with Gasteiger partial charge in [0.15, 0.2) is 0 Å². The number of ether oxygens (including phenoxy) is 1. The number of likely N-dealkylation sites (N-methyl/N-ethyl adjacent to an activating group) is 1. The molecule has 0 unspecified atom stereocenters. The third-order valence-corrected chi connectivity index (χ3v) is 9.36. The van der Waals surface area contributed by atoms with Crippen LogP contribution in [-0.4, -0.2) is 57.6 Å². The van der Waals surface area contributed by atoms with Crippen LogP contribution in [0, 0.1) is 0 Å². The average Bonchev–Trinajstić information content (AvgIpc) is 3.41. The lowest BCUT2D eigenvalue weighted by Crippen LogP contribution is -2.41.